The van der Waals surface area contributed by atoms with E-state index in [0.29, 0.717) is 5.82 Å². The van der Waals surface area contributed by atoms with Crippen LogP contribution in [0.2, 0.25) is 0 Å². The Kier molecular flexibility index (Phi) is 3.69. The molecule has 1 rings (SSSR count). The molecule has 0 unspecified atom stereocenters. The van der Waals surface area contributed by atoms with Crippen molar-refractivity contribution >= 4 is 18.5 Å². The minimum atomic E-state index is -3.74. The molecular weight excluding hydrogens is 247 g/mol. The Morgan fingerprint density at radius 1 is 1.31 bits per heavy atom. The van der Waals surface area contributed by atoms with Crippen LogP contribution in [0.3, 0.4) is 0 Å². The number of hydrogen-bond donors (Lipinski definition) is 2. The Morgan fingerprint density at radius 3 is 2.31 bits per heavy atom. The average Bonchev–Trinajstić information content (AvgIpc) is 1.97. The molecule has 0 bridgehead atoms. The van der Waals surface area contributed by atoms with Crippen LogP contribution in [0.25, 0.3) is 0 Å². The van der Waals surface area contributed by atoms with Gasteiger partial charge in [-0.1, -0.05) is 20.8 Å². The molecule has 0 aliphatic heterocycles. The average molecular weight is 262 g/mol. The number of hydrogen-bond acceptors (Lipinski definition) is 4. The molecule has 90 valence electrons. The van der Waals surface area contributed by atoms with Crippen LogP contribution in [0.15, 0.2) is 6.07 Å². The minimum absolute atomic E-state index is 0.103. The standard InChI is InChI=1S/C9H15N2O3PS/c1-6-10-7(9(2,3)4)5-8(11-6)14-15(12,13)16/h5H,1-4H3,(H2,12,13,16). The molecular formula is C9H15N2O3PS. The highest BCUT2D eigenvalue weighted by Crippen LogP contribution is 2.37. The van der Waals surface area contributed by atoms with E-state index < -0.39 is 6.72 Å². The molecule has 5 nitrogen and oxygen atoms in total. The maximum absolute atomic E-state index is 9.05. The fraction of sp³-hybridized carbons (Fsp3) is 0.556. The third-order valence-electron chi connectivity index (χ3n) is 1.80. The number of nitrogens with zero attached hydrogens (tertiary/aromatic N) is 2. The topological polar surface area (TPSA) is 75.5 Å². The van der Waals surface area contributed by atoms with Gasteiger partial charge in [0.1, 0.15) is 5.82 Å². The van der Waals surface area contributed by atoms with Crippen molar-refractivity contribution in [2.75, 3.05) is 0 Å². The van der Waals surface area contributed by atoms with Gasteiger partial charge in [0.15, 0.2) is 0 Å². The molecule has 16 heavy (non-hydrogen) atoms. The predicted octanol–water partition coefficient (Wildman–Crippen LogP) is 1.67. The SMILES string of the molecule is Cc1nc(OP(O)(O)=S)cc(C(C)(C)C)n1. The van der Waals surface area contributed by atoms with E-state index >= 15 is 0 Å². The summed E-state index contributed by atoms with van der Waals surface area (Å²) < 4.78 is 4.80. The first-order chi connectivity index (χ1) is 7.08. The molecule has 0 aliphatic rings. The lowest BCUT2D eigenvalue weighted by Gasteiger charge is -2.19. The van der Waals surface area contributed by atoms with Gasteiger partial charge in [-0.3, -0.25) is 0 Å². The van der Waals surface area contributed by atoms with E-state index in [-0.39, 0.29) is 11.3 Å². The van der Waals surface area contributed by atoms with Gasteiger partial charge in [0, 0.05) is 23.3 Å². The Bertz CT molecular complexity index is 439. The van der Waals surface area contributed by atoms with Gasteiger partial charge in [-0.05, 0) is 6.92 Å². The lowest BCUT2D eigenvalue weighted by Crippen LogP contribution is -2.15. The molecule has 2 N–H and O–H groups in total. The Labute approximate surface area is 99.8 Å². The summed E-state index contributed by atoms with van der Waals surface area (Å²) in [5.74, 6) is 0.608. The van der Waals surface area contributed by atoms with Crippen LogP contribution in [0, 0.1) is 6.92 Å². The van der Waals surface area contributed by atoms with E-state index in [0.717, 1.165) is 5.69 Å². The fourth-order valence-corrected chi connectivity index (χ4v) is 1.66. The van der Waals surface area contributed by atoms with Gasteiger partial charge in [-0.2, -0.15) is 4.98 Å². The summed E-state index contributed by atoms with van der Waals surface area (Å²) in [6.45, 7) is 3.95. The quantitative estimate of drug-likeness (QED) is 0.790. The molecule has 0 spiro atoms. The summed E-state index contributed by atoms with van der Waals surface area (Å²) >= 11 is 4.39. The smallest absolute Gasteiger partial charge is 0.376 e. The van der Waals surface area contributed by atoms with E-state index in [1.165, 1.54) is 0 Å². The zero-order valence-corrected chi connectivity index (χ0v) is 11.3. The second-order valence-corrected chi connectivity index (χ2v) is 7.06. The lowest BCUT2D eigenvalue weighted by atomic mass is 9.92. The Balaban J connectivity index is 3.14. The molecule has 7 heteroatoms. The summed E-state index contributed by atoms with van der Waals surface area (Å²) in [7, 11) is 0. The van der Waals surface area contributed by atoms with Crippen molar-refractivity contribution in [1.82, 2.24) is 9.97 Å². The van der Waals surface area contributed by atoms with Crippen molar-refractivity contribution in [1.29, 1.82) is 0 Å². The van der Waals surface area contributed by atoms with E-state index in [1.54, 1.807) is 13.0 Å². The van der Waals surface area contributed by atoms with Crippen molar-refractivity contribution in [2.45, 2.75) is 33.1 Å². The largest absolute Gasteiger partial charge is 0.406 e. The predicted molar refractivity (Wildman–Crippen MR) is 64.8 cm³/mol. The molecule has 0 aliphatic carbocycles. The third-order valence-corrected chi connectivity index (χ3v) is 2.44. The monoisotopic (exact) mass is 262 g/mol. The van der Waals surface area contributed by atoms with Gasteiger partial charge in [0.05, 0.1) is 5.69 Å². The van der Waals surface area contributed by atoms with Crippen molar-refractivity contribution in [3.05, 3.63) is 17.6 Å². The molecule has 0 radical (unpaired) electrons. The summed E-state index contributed by atoms with van der Waals surface area (Å²) in [5.41, 5.74) is 0.595. The molecule has 0 saturated heterocycles. The molecule has 1 aromatic heterocycles. The van der Waals surface area contributed by atoms with Gasteiger partial charge >= 0.3 is 6.72 Å². The van der Waals surface area contributed by atoms with Gasteiger partial charge in [0.2, 0.25) is 5.88 Å². The minimum Gasteiger partial charge on any atom is -0.406 e. The molecule has 0 aromatic carbocycles. The van der Waals surface area contributed by atoms with Gasteiger partial charge in [-0.25, -0.2) is 4.98 Å². The number of aryl methyl sites for hydroxylation is 1. The van der Waals surface area contributed by atoms with Crippen molar-refractivity contribution < 1.29 is 14.3 Å². The fourth-order valence-electron chi connectivity index (χ4n) is 1.09. The van der Waals surface area contributed by atoms with Crippen LogP contribution < -0.4 is 4.52 Å². The summed E-state index contributed by atoms with van der Waals surface area (Å²) in [6.07, 6.45) is 0. The van der Waals surface area contributed by atoms with Crippen molar-refractivity contribution in [2.24, 2.45) is 0 Å². The molecule has 1 aromatic rings. The molecule has 0 fully saturated rings. The number of aromatic nitrogens is 2. The van der Waals surface area contributed by atoms with Gasteiger partial charge < -0.3 is 14.3 Å². The Morgan fingerprint density at radius 2 is 1.88 bits per heavy atom. The highest BCUT2D eigenvalue weighted by Gasteiger charge is 2.19. The van der Waals surface area contributed by atoms with Crippen LogP contribution in [0.4, 0.5) is 0 Å². The molecule has 0 amide bonds. The van der Waals surface area contributed by atoms with Gasteiger partial charge in [-0.15, -0.1) is 0 Å². The zero-order valence-electron chi connectivity index (χ0n) is 9.63. The Hall–Kier alpha value is -0.550. The lowest BCUT2D eigenvalue weighted by molar-refractivity contribution is 0.362. The van der Waals surface area contributed by atoms with E-state index in [1.807, 2.05) is 20.8 Å². The highest BCUT2D eigenvalue weighted by molar-refractivity contribution is 8.06. The summed E-state index contributed by atoms with van der Waals surface area (Å²) in [4.78, 5) is 26.3. The van der Waals surface area contributed by atoms with Crippen molar-refractivity contribution in [3.8, 4) is 5.88 Å². The molecule has 0 saturated carbocycles. The maximum atomic E-state index is 9.05. The normalized spacial score (nSPS) is 12.6. The summed E-state index contributed by atoms with van der Waals surface area (Å²) in [6, 6.07) is 1.57. The first kappa shape index (κ1) is 13.5. The van der Waals surface area contributed by atoms with Crippen LogP contribution in [0.5, 0.6) is 5.88 Å². The van der Waals surface area contributed by atoms with Gasteiger partial charge in [0.25, 0.3) is 0 Å². The molecule has 1 heterocycles. The molecule has 0 atom stereocenters. The highest BCUT2D eigenvalue weighted by atomic mass is 32.5. The second-order valence-electron chi connectivity index (χ2n) is 4.47. The van der Waals surface area contributed by atoms with Crippen LogP contribution >= 0.6 is 6.72 Å². The summed E-state index contributed by atoms with van der Waals surface area (Å²) in [5, 5.41) is 0. The van der Waals surface area contributed by atoms with Crippen LogP contribution in [0.1, 0.15) is 32.3 Å². The first-order valence-corrected chi connectivity index (χ1v) is 7.32. The number of rotatable bonds is 2. The first-order valence-electron chi connectivity index (χ1n) is 4.69. The maximum Gasteiger partial charge on any atom is 0.376 e. The third kappa shape index (κ3) is 4.14. The van der Waals surface area contributed by atoms with E-state index in [2.05, 4.69) is 21.8 Å². The second kappa shape index (κ2) is 4.37. The van der Waals surface area contributed by atoms with Crippen LogP contribution in [-0.2, 0) is 17.2 Å². The van der Waals surface area contributed by atoms with E-state index in [9.17, 15) is 0 Å². The zero-order chi connectivity index (χ0) is 12.6. The van der Waals surface area contributed by atoms with Crippen LogP contribution in [-0.4, -0.2) is 19.8 Å². The van der Waals surface area contributed by atoms with E-state index in [4.69, 9.17) is 14.3 Å². The van der Waals surface area contributed by atoms with Crippen molar-refractivity contribution in [3.63, 3.8) is 0 Å².